The molecule has 28 heavy (non-hydrogen) atoms. The first kappa shape index (κ1) is 19.9. The van der Waals surface area contributed by atoms with Gasteiger partial charge < -0.3 is 19.8 Å². The molecule has 0 unspecified atom stereocenters. The fraction of sp³-hybridized carbons (Fsp3) is 0.429. The lowest BCUT2D eigenvalue weighted by atomic mass is 9.97. The number of furan rings is 1. The molecule has 1 saturated heterocycles. The number of hydrogen-bond donors (Lipinski definition) is 2. The molecule has 1 aromatic heterocycles. The SMILES string of the molecule is COc1ccccc1NC(=O)CCNC(=O)[C@@H]1CCCN(Cc2ccco2)C1. The van der Waals surface area contributed by atoms with Crippen LogP contribution in [-0.4, -0.2) is 43.5 Å². The summed E-state index contributed by atoms with van der Waals surface area (Å²) in [6.45, 7) is 2.71. The number of nitrogens with one attached hydrogen (secondary N) is 2. The molecule has 7 nitrogen and oxygen atoms in total. The molecule has 1 aliphatic heterocycles. The van der Waals surface area contributed by atoms with E-state index < -0.39 is 0 Å². The van der Waals surface area contributed by atoms with Crippen LogP contribution in [0.25, 0.3) is 0 Å². The summed E-state index contributed by atoms with van der Waals surface area (Å²) in [6.07, 6.45) is 3.73. The van der Waals surface area contributed by atoms with Crippen LogP contribution in [0.15, 0.2) is 47.1 Å². The molecular formula is C21H27N3O4. The molecule has 1 fully saturated rings. The first-order chi connectivity index (χ1) is 13.7. The predicted octanol–water partition coefficient (Wildman–Crippen LogP) is 2.65. The third-order valence-corrected chi connectivity index (χ3v) is 4.87. The number of methoxy groups -OCH3 is 1. The number of carbonyl (C=O) groups is 2. The largest absolute Gasteiger partial charge is 0.495 e. The molecule has 150 valence electrons. The van der Waals surface area contributed by atoms with Crippen LogP contribution in [0.4, 0.5) is 5.69 Å². The summed E-state index contributed by atoms with van der Waals surface area (Å²) < 4.78 is 10.6. The maximum atomic E-state index is 12.5. The van der Waals surface area contributed by atoms with Crippen molar-refractivity contribution >= 4 is 17.5 Å². The molecule has 2 aromatic rings. The minimum atomic E-state index is -0.159. The second kappa shape index (κ2) is 9.94. The summed E-state index contributed by atoms with van der Waals surface area (Å²) >= 11 is 0. The Labute approximate surface area is 165 Å². The normalized spacial score (nSPS) is 17.1. The Morgan fingerprint density at radius 3 is 2.89 bits per heavy atom. The lowest BCUT2D eigenvalue weighted by Gasteiger charge is -2.31. The summed E-state index contributed by atoms with van der Waals surface area (Å²) in [5.41, 5.74) is 0.627. The van der Waals surface area contributed by atoms with Crippen LogP contribution in [0.2, 0.25) is 0 Å². The Morgan fingerprint density at radius 2 is 2.11 bits per heavy atom. The quantitative estimate of drug-likeness (QED) is 0.730. The van der Waals surface area contributed by atoms with Gasteiger partial charge in [0.1, 0.15) is 11.5 Å². The van der Waals surface area contributed by atoms with Crippen LogP contribution < -0.4 is 15.4 Å². The van der Waals surface area contributed by atoms with Crippen molar-refractivity contribution in [1.29, 1.82) is 0 Å². The molecule has 1 aliphatic rings. The topological polar surface area (TPSA) is 83.8 Å². The van der Waals surface area contributed by atoms with E-state index in [2.05, 4.69) is 15.5 Å². The number of para-hydroxylation sites is 2. The van der Waals surface area contributed by atoms with E-state index in [1.165, 1.54) is 0 Å². The van der Waals surface area contributed by atoms with Gasteiger partial charge in [-0.2, -0.15) is 0 Å². The van der Waals surface area contributed by atoms with Crippen molar-refractivity contribution in [3.8, 4) is 5.75 Å². The Kier molecular flexibility index (Phi) is 7.08. The number of hydrogen-bond acceptors (Lipinski definition) is 5. The van der Waals surface area contributed by atoms with Crippen molar-refractivity contribution in [2.75, 3.05) is 32.1 Å². The lowest BCUT2D eigenvalue weighted by Crippen LogP contribution is -2.43. The molecular weight excluding hydrogens is 358 g/mol. The smallest absolute Gasteiger partial charge is 0.226 e. The first-order valence-corrected chi connectivity index (χ1v) is 9.61. The van der Waals surface area contributed by atoms with Gasteiger partial charge in [-0.15, -0.1) is 0 Å². The Bertz CT molecular complexity index is 776. The van der Waals surface area contributed by atoms with E-state index in [1.807, 2.05) is 24.3 Å². The Morgan fingerprint density at radius 1 is 1.25 bits per heavy atom. The number of carbonyl (C=O) groups excluding carboxylic acids is 2. The Balaban J connectivity index is 1.40. The standard InChI is InChI=1S/C21H27N3O4/c1-27-19-9-3-2-8-18(19)23-20(25)10-11-22-21(26)16-6-4-12-24(14-16)15-17-7-5-13-28-17/h2-3,5,7-9,13,16H,4,6,10-12,14-15H2,1H3,(H,22,26)(H,23,25)/t16-/m1/s1. The van der Waals surface area contributed by atoms with E-state index in [1.54, 1.807) is 25.5 Å². The van der Waals surface area contributed by atoms with E-state index in [0.717, 1.165) is 31.7 Å². The summed E-state index contributed by atoms with van der Waals surface area (Å²) in [6, 6.07) is 11.1. The molecule has 0 radical (unpaired) electrons. The zero-order valence-electron chi connectivity index (χ0n) is 16.1. The van der Waals surface area contributed by atoms with Crippen molar-refractivity contribution in [2.24, 2.45) is 5.92 Å². The average Bonchev–Trinajstić information content (AvgIpc) is 3.21. The highest BCUT2D eigenvalue weighted by Gasteiger charge is 2.26. The third-order valence-electron chi connectivity index (χ3n) is 4.87. The van der Waals surface area contributed by atoms with Crippen LogP contribution in [0.3, 0.4) is 0 Å². The molecule has 0 bridgehead atoms. The van der Waals surface area contributed by atoms with Gasteiger partial charge in [0.25, 0.3) is 0 Å². The first-order valence-electron chi connectivity index (χ1n) is 9.61. The fourth-order valence-corrected chi connectivity index (χ4v) is 3.44. The van der Waals surface area contributed by atoms with Gasteiger partial charge in [0, 0.05) is 19.5 Å². The van der Waals surface area contributed by atoms with Crippen molar-refractivity contribution in [3.63, 3.8) is 0 Å². The Hall–Kier alpha value is -2.80. The van der Waals surface area contributed by atoms with Crippen molar-refractivity contribution in [1.82, 2.24) is 10.2 Å². The zero-order chi connectivity index (χ0) is 19.8. The number of rotatable bonds is 8. The summed E-state index contributed by atoms with van der Waals surface area (Å²) in [4.78, 5) is 26.8. The maximum absolute atomic E-state index is 12.5. The molecule has 1 atom stereocenters. The van der Waals surface area contributed by atoms with E-state index in [4.69, 9.17) is 9.15 Å². The highest BCUT2D eigenvalue weighted by atomic mass is 16.5. The van der Waals surface area contributed by atoms with E-state index >= 15 is 0 Å². The maximum Gasteiger partial charge on any atom is 0.226 e. The van der Waals surface area contributed by atoms with Gasteiger partial charge in [0.2, 0.25) is 11.8 Å². The van der Waals surface area contributed by atoms with Gasteiger partial charge in [-0.1, -0.05) is 12.1 Å². The highest BCUT2D eigenvalue weighted by Crippen LogP contribution is 2.23. The van der Waals surface area contributed by atoms with Crippen molar-refractivity contribution in [2.45, 2.75) is 25.8 Å². The van der Waals surface area contributed by atoms with Gasteiger partial charge in [-0.05, 0) is 43.7 Å². The predicted molar refractivity (Wildman–Crippen MR) is 106 cm³/mol. The fourth-order valence-electron chi connectivity index (χ4n) is 3.44. The third kappa shape index (κ3) is 5.60. The number of amides is 2. The van der Waals surface area contributed by atoms with E-state index in [0.29, 0.717) is 24.5 Å². The van der Waals surface area contributed by atoms with Gasteiger partial charge >= 0.3 is 0 Å². The number of ether oxygens (including phenoxy) is 1. The molecule has 2 heterocycles. The minimum Gasteiger partial charge on any atom is -0.495 e. The van der Waals surface area contributed by atoms with Crippen LogP contribution in [0.5, 0.6) is 5.75 Å². The number of nitrogens with zero attached hydrogens (tertiary/aromatic N) is 1. The minimum absolute atomic E-state index is 0.00855. The number of piperidine rings is 1. The molecule has 2 amide bonds. The molecule has 7 heteroatoms. The zero-order valence-corrected chi connectivity index (χ0v) is 16.1. The van der Waals surface area contributed by atoms with Crippen LogP contribution in [0.1, 0.15) is 25.0 Å². The van der Waals surface area contributed by atoms with Crippen LogP contribution in [0, 0.1) is 5.92 Å². The summed E-state index contributed by atoms with van der Waals surface area (Å²) in [5.74, 6) is 1.32. The van der Waals surface area contributed by atoms with E-state index in [9.17, 15) is 9.59 Å². The molecule has 1 aromatic carbocycles. The second-order valence-corrected chi connectivity index (χ2v) is 6.94. The van der Waals surface area contributed by atoms with Gasteiger partial charge in [0.05, 0.1) is 31.5 Å². The van der Waals surface area contributed by atoms with Crippen molar-refractivity contribution in [3.05, 3.63) is 48.4 Å². The number of likely N-dealkylation sites (tertiary alicyclic amines) is 1. The lowest BCUT2D eigenvalue weighted by molar-refractivity contribution is -0.126. The summed E-state index contributed by atoms with van der Waals surface area (Å²) in [5, 5.41) is 5.71. The average molecular weight is 385 g/mol. The van der Waals surface area contributed by atoms with Crippen molar-refractivity contribution < 1.29 is 18.7 Å². The van der Waals surface area contributed by atoms with E-state index in [-0.39, 0.29) is 24.2 Å². The van der Waals surface area contributed by atoms with Gasteiger partial charge in [-0.3, -0.25) is 14.5 Å². The summed E-state index contributed by atoms with van der Waals surface area (Å²) in [7, 11) is 1.56. The molecule has 0 aliphatic carbocycles. The second-order valence-electron chi connectivity index (χ2n) is 6.94. The number of anilines is 1. The van der Waals surface area contributed by atoms with Gasteiger partial charge in [0.15, 0.2) is 0 Å². The van der Waals surface area contributed by atoms with Crippen LogP contribution >= 0.6 is 0 Å². The number of benzene rings is 1. The molecule has 0 saturated carbocycles. The molecule has 0 spiro atoms. The molecule has 3 rings (SSSR count). The highest BCUT2D eigenvalue weighted by molar-refractivity contribution is 5.92. The monoisotopic (exact) mass is 385 g/mol. The van der Waals surface area contributed by atoms with Crippen LogP contribution in [-0.2, 0) is 16.1 Å². The molecule has 2 N–H and O–H groups in total. The van der Waals surface area contributed by atoms with Gasteiger partial charge in [-0.25, -0.2) is 0 Å².